The van der Waals surface area contributed by atoms with Gasteiger partial charge in [0.1, 0.15) is 4.88 Å². The Balaban J connectivity index is 2.06. The number of rotatable bonds is 4. The Bertz CT molecular complexity index is 444. The van der Waals surface area contributed by atoms with Crippen LogP contribution >= 0.6 is 11.3 Å². The number of carboxylic acid groups (broad SMARTS) is 1. The van der Waals surface area contributed by atoms with Crippen LogP contribution in [0.25, 0.3) is 0 Å². The van der Waals surface area contributed by atoms with E-state index in [1.807, 2.05) is 0 Å². The third-order valence-corrected chi connectivity index (χ3v) is 5.13. The lowest BCUT2D eigenvalue weighted by molar-refractivity contribution is 0.0701. The van der Waals surface area contributed by atoms with Gasteiger partial charge in [-0.2, -0.15) is 0 Å². The normalized spacial score (nSPS) is 27.4. The van der Waals surface area contributed by atoms with E-state index in [1.54, 1.807) is 6.92 Å². The van der Waals surface area contributed by atoms with E-state index in [4.69, 9.17) is 5.11 Å². The smallest absolute Gasteiger partial charge is 0.347 e. The summed E-state index contributed by atoms with van der Waals surface area (Å²) in [5.74, 6) is 0.527. The van der Waals surface area contributed by atoms with Crippen molar-refractivity contribution in [2.75, 3.05) is 5.32 Å². The second-order valence-electron chi connectivity index (χ2n) is 5.09. The fourth-order valence-corrected chi connectivity index (χ4v) is 3.71. The number of nitrogens with zero attached hydrogens (tertiary/aromatic N) is 1. The standard InChI is InChI=1S/C13H20N2O2S/c1-4-9-5-6-10(7(9)2)15-13-14-8(3)11(18-13)12(16)17/h7,9-10H,4-6H2,1-3H3,(H,14,15)(H,16,17). The topological polar surface area (TPSA) is 62.2 Å². The van der Waals surface area contributed by atoms with Crippen LogP contribution in [0, 0.1) is 18.8 Å². The highest BCUT2D eigenvalue weighted by atomic mass is 32.1. The molecule has 1 aromatic heterocycles. The number of carbonyl (C=O) groups is 1. The quantitative estimate of drug-likeness (QED) is 0.878. The first kappa shape index (κ1) is 13.3. The van der Waals surface area contributed by atoms with E-state index < -0.39 is 5.97 Å². The number of aromatic carboxylic acids is 1. The van der Waals surface area contributed by atoms with Crippen LogP contribution in [0.1, 0.15) is 48.5 Å². The van der Waals surface area contributed by atoms with Gasteiger partial charge >= 0.3 is 5.97 Å². The first-order valence-corrected chi connectivity index (χ1v) is 7.31. The van der Waals surface area contributed by atoms with Gasteiger partial charge in [0.05, 0.1) is 5.69 Å². The van der Waals surface area contributed by atoms with E-state index in [0.717, 1.165) is 17.5 Å². The van der Waals surface area contributed by atoms with Crippen LogP contribution in [0.4, 0.5) is 5.13 Å². The fraction of sp³-hybridized carbons (Fsp3) is 0.692. The average molecular weight is 268 g/mol. The van der Waals surface area contributed by atoms with Crippen molar-refractivity contribution in [3.05, 3.63) is 10.6 Å². The molecule has 0 saturated heterocycles. The molecule has 0 aliphatic heterocycles. The number of nitrogens with one attached hydrogen (secondary N) is 1. The van der Waals surface area contributed by atoms with Gasteiger partial charge in [0.15, 0.2) is 5.13 Å². The van der Waals surface area contributed by atoms with Crippen molar-refractivity contribution in [2.24, 2.45) is 11.8 Å². The number of aryl methyl sites for hydroxylation is 1. The highest BCUT2D eigenvalue weighted by Gasteiger charge is 2.32. The molecule has 3 unspecified atom stereocenters. The number of hydrogen-bond donors (Lipinski definition) is 2. The highest BCUT2D eigenvalue weighted by molar-refractivity contribution is 7.17. The van der Waals surface area contributed by atoms with Gasteiger partial charge in [-0.3, -0.25) is 0 Å². The summed E-state index contributed by atoms with van der Waals surface area (Å²) in [7, 11) is 0. The van der Waals surface area contributed by atoms with E-state index in [9.17, 15) is 4.79 Å². The Kier molecular flexibility index (Phi) is 3.90. The Labute approximate surface area is 111 Å². The molecular formula is C13H20N2O2S. The minimum absolute atomic E-state index is 0.343. The Morgan fingerprint density at radius 2 is 2.28 bits per heavy atom. The van der Waals surface area contributed by atoms with E-state index in [0.29, 0.717) is 22.5 Å². The molecule has 18 heavy (non-hydrogen) atoms. The van der Waals surface area contributed by atoms with Gasteiger partial charge < -0.3 is 10.4 Å². The van der Waals surface area contributed by atoms with Gasteiger partial charge in [-0.05, 0) is 31.6 Å². The summed E-state index contributed by atoms with van der Waals surface area (Å²) < 4.78 is 0. The summed E-state index contributed by atoms with van der Waals surface area (Å²) in [4.78, 5) is 15.6. The molecule has 1 aliphatic carbocycles. The molecule has 0 bridgehead atoms. The summed E-state index contributed by atoms with van der Waals surface area (Å²) in [6.07, 6.45) is 3.63. The Morgan fingerprint density at radius 3 is 2.78 bits per heavy atom. The minimum atomic E-state index is -0.885. The van der Waals surface area contributed by atoms with Crippen LogP contribution in [0.5, 0.6) is 0 Å². The van der Waals surface area contributed by atoms with Crippen LogP contribution in [-0.4, -0.2) is 22.1 Å². The van der Waals surface area contributed by atoms with E-state index >= 15 is 0 Å². The van der Waals surface area contributed by atoms with Crippen molar-refractivity contribution in [1.82, 2.24) is 4.98 Å². The van der Waals surface area contributed by atoms with Crippen molar-refractivity contribution < 1.29 is 9.90 Å². The van der Waals surface area contributed by atoms with Crippen LogP contribution < -0.4 is 5.32 Å². The molecule has 1 aliphatic rings. The molecule has 1 heterocycles. The number of thiazole rings is 1. The van der Waals surface area contributed by atoms with Crippen molar-refractivity contribution in [2.45, 2.75) is 46.1 Å². The van der Waals surface area contributed by atoms with E-state index in [1.165, 1.54) is 24.2 Å². The molecule has 0 amide bonds. The van der Waals surface area contributed by atoms with Gasteiger partial charge in [-0.1, -0.05) is 31.6 Å². The average Bonchev–Trinajstić information content (AvgIpc) is 2.84. The number of anilines is 1. The Hall–Kier alpha value is -1.10. The molecule has 4 nitrogen and oxygen atoms in total. The molecule has 5 heteroatoms. The lowest BCUT2D eigenvalue weighted by atomic mass is 9.94. The molecule has 100 valence electrons. The summed E-state index contributed by atoms with van der Waals surface area (Å²) in [6.45, 7) is 6.26. The van der Waals surface area contributed by atoms with Crippen molar-refractivity contribution in [1.29, 1.82) is 0 Å². The van der Waals surface area contributed by atoms with Gasteiger partial charge in [0.2, 0.25) is 0 Å². The zero-order valence-electron chi connectivity index (χ0n) is 11.1. The molecule has 3 atom stereocenters. The molecule has 2 rings (SSSR count). The molecule has 0 radical (unpaired) electrons. The third-order valence-electron chi connectivity index (χ3n) is 4.05. The molecular weight excluding hydrogens is 248 g/mol. The number of carboxylic acids is 1. The number of hydrogen-bond acceptors (Lipinski definition) is 4. The molecule has 1 saturated carbocycles. The van der Waals surface area contributed by atoms with Crippen LogP contribution in [-0.2, 0) is 0 Å². The Morgan fingerprint density at radius 1 is 1.56 bits per heavy atom. The molecule has 2 N–H and O–H groups in total. The highest BCUT2D eigenvalue weighted by Crippen LogP contribution is 2.36. The van der Waals surface area contributed by atoms with Crippen LogP contribution in [0.3, 0.4) is 0 Å². The van der Waals surface area contributed by atoms with Gasteiger partial charge in [-0.25, -0.2) is 9.78 Å². The summed E-state index contributed by atoms with van der Waals surface area (Å²) in [5, 5.41) is 13.2. The molecule has 0 aromatic carbocycles. The first-order valence-electron chi connectivity index (χ1n) is 6.50. The molecule has 0 spiro atoms. The second kappa shape index (κ2) is 5.26. The minimum Gasteiger partial charge on any atom is -0.477 e. The molecule has 1 aromatic rings. The maximum absolute atomic E-state index is 11.0. The van der Waals surface area contributed by atoms with Gasteiger partial charge in [0, 0.05) is 6.04 Å². The van der Waals surface area contributed by atoms with E-state index in [2.05, 4.69) is 24.1 Å². The fourth-order valence-electron chi connectivity index (χ4n) is 2.84. The van der Waals surface area contributed by atoms with Gasteiger partial charge in [-0.15, -0.1) is 0 Å². The summed E-state index contributed by atoms with van der Waals surface area (Å²) in [6, 6.07) is 0.433. The largest absolute Gasteiger partial charge is 0.477 e. The molecule has 1 fully saturated rings. The van der Waals surface area contributed by atoms with E-state index in [-0.39, 0.29) is 0 Å². The van der Waals surface area contributed by atoms with Crippen molar-refractivity contribution in [3.63, 3.8) is 0 Å². The first-order chi connectivity index (χ1) is 8.52. The monoisotopic (exact) mass is 268 g/mol. The third kappa shape index (κ3) is 2.51. The predicted molar refractivity (Wildman–Crippen MR) is 73.4 cm³/mol. The second-order valence-corrected chi connectivity index (χ2v) is 6.09. The van der Waals surface area contributed by atoms with Gasteiger partial charge in [0.25, 0.3) is 0 Å². The zero-order valence-corrected chi connectivity index (χ0v) is 11.9. The van der Waals surface area contributed by atoms with Crippen molar-refractivity contribution in [3.8, 4) is 0 Å². The maximum Gasteiger partial charge on any atom is 0.347 e. The SMILES string of the molecule is CCC1CCC(Nc2nc(C)c(C(=O)O)s2)C1C. The maximum atomic E-state index is 11.0. The lowest BCUT2D eigenvalue weighted by Crippen LogP contribution is -2.24. The summed E-state index contributed by atoms with van der Waals surface area (Å²) in [5.41, 5.74) is 0.604. The zero-order chi connectivity index (χ0) is 13.3. The predicted octanol–water partition coefficient (Wildman–Crippen LogP) is 3.39. The van der Waals surface area contributed by atoms with Crippen molar-refractivity contribution >= 4 is 22.4 Å². The summed E-state index contributed by atoms with van der Waals surface area (Å²) >= 11 is 1.24. The van der Waals surface area contributed by atoms with Crippen LogP contribution in [0.2, 0.25) is 0 Å². The lowest BCUT2D eigenvalue weighted by Gasteiger charge is -2.20. The van der Waals surface area contributed by atoms with Crippen LogP contribution in [0.15, 0.2) is 0 Å². The number of aromatic nitrogens is 1.